The third-order valence-electron chi connectivity index (χ3n) is 3.14. The quantitative estimate of drug-likeness (QED) is 0.599. The largest absolute Gasteiger partial charge is 0.480 e. The maximum atomic E-state index is 11.6. The van der Waals surface area contributed by atoms with Gasteiger partial charge in [0, 0.05) is 13.1 Å². The summed E-state index contributed by atoms with van der Waals surface area (Å²) in [5, 5.41) is 14.5. The summed E-state index contributed by atoms with van der Waals surface area (Å²) in [6, 6.07) is 0. The van der Waals surface area contributed by atoms with E-state index in [1.165, 1.54) is 6.92 Å². The Morgan fingerprint density at radius 3 is 2.47 bits per heavy atom. The molecule has 0 spiro atoms. The molecule has 1 fully saturated rings. The van der Waals surface area contributed by atoms with Gasteiger partial charge in [0.25, 0.3) is 0 Å². The summed E-state index contributed by atoms with van der Waals surface area (Å²) in [4.78, 5) is 22.6. The number of carbonyl (C=O) groups excluding carboxylic acids is 1. The lowest BCUT2D eigenvalue weighted by Gasteiger charge is -2.39. The predicted octanol–water partition coefficient (Wildman–Crippen LogP) is -0.266. The summed E-state index contributed by atoms with van der Waals surface area (Å²) < 4.78 is 5.43. The Labute approximate surface area is 101 Å². The van der Waals surface area contributed by atoms with Gasteiger partial charge < -0.3 is 20.5 Å². The number of ether oxygens (including phenoxy) is 1. The second-order valence-corrected chi connectivity index (χ2v) is 4.88. The van der Waals surface area contributed by atoms with Crippen LogP contribution in [0.1, 0.15) is 27.2 Å². The van der Waals surface area contributed by atoms with Crippen LogP contribution >= 0.6 is 0 Å². The fourth-order valence-electron chi connectivity index (χ4n) is 1.46. The molecule has 98 valence electrons. The van der Waals surface area contributed by atoms with E-state index in [0.717, 1.165) is 0 Å². The molecule has 0 bridgehead atoms. The van der Waals surface area contributed by atoms with Crippen LogP contribution in [-0.2, 0) is 14.3 Å². The lowest BCUT2D eigenvalue weighted by molar-refractivity contribution is -0.150. The van der Waals surface area contributed by atoms with Gasteiger partial charge in [-0.3, -0.25) is 4.79 Å². The van der Waals surface area contributed by atoms with Gasteiger partial charge in [0.15, 0.2) is 0 Å². The maximum absolute atomic E-state index is 11.6. The Balaban J connectivity index is 2.40. The number of amides is 1. The van der Waals surface area contributed by atoms with Crippen molar-refractivity contribution in [2.75, 3.05) is 19.7 Å². The van der Waals surface area contributed by atoms with Crippen LogP contribution in [0.2, 0.25) is 0 Å². The van der Waals surface area contributed by atoms with Gasteiger partial charge >= 0.3 is 5.97 Å². The molecule has 3 N–H and O–H groups in total. The third-order valence-corrected chi connectivity index (χ3v) is 3.14. The van der Waals surface area contributed by atoms with Crippen LogP contribution in [0.15, 0.2) is 0 Å². The highest BCUT2D eigenvalue weighted by atomic mass is 16.5. The molecule has 0 aromatic carbocycles. The van der Waals surface area contributed by atoms with Gasteiger partial charge in [-0.1, -0.05) is 6.92 Å². The molecule has 1 aliphatic heterocycles. The molecule has 0 radical (unpaired) electrons. The Hall–Kier alpha value is -1.14. The minimum Gasteiger partial charge on any atom is -0.480 e. The fraction of sp³-hybridized carbons (Fsp3) is 0.818. The first-order valence-electron chi connectivity index (χ1n) is 5.70. The van der Waals surface area contributed by atoms with Crippen molar-refractivity contribution in [1.29, 1.82) is 0 Å². The second-order valence-electron chi connectivity index (χ2n) is 4.88. The van der Waals surface area contributed by atoms with Crippen LogP contribution in [-0.4, -0.2) is 47.8 Å². The van der Waals surface area contributed by atoms with Crippen molar-refractivity contribution in [3.63, 3.8) is 0 Å². The Morgan fingerprint density at radius 1 is 1.53 bits per heavy atom. The van der Waals surface area contributed by atoms with Gasteiger partial charge in [0.2, 0.25) is 5.91 Å². The van der Waals surface area contributed by atoms with E-state index < -0.39 is 17.4 Å². The van der Waals surface area contributed by atoms with Crippen LogP contribution in [0.5, 0.6) is 0 Å². The van der Waals surface area contributed by atoms with E-state index in [1.54, 1.807) is 6.92 Å². The molecule has 1 aliphatic rings. The molecule has 0 aromatic rings. The highest BCUT2D eigenvalue weighted by Gasteiger charge is 2.35. The van der Waals surface area contributed by atoms with E-state index in [0.29, 0.717) is 19.5 Å². The van der Waals surface area contributed by atoms with Gasteiger partial charge in [-0.15, -0.1) is 0 Å². The zero-order valence-electron chi connectivity index (χ0n) is 10.5. The van der Waals surface area contributed by atoms with Crippen LogP contribution < -0.4 is 10.6 Å². The maximum Gasteiger partial charge on any atom is 0.329 e. The smallest absolute Gasteiger partial charge is 0.329 e. The van der Waals surface area contributed by atoms with E-state index in [1.807, 2.05) is 6.92 Å². The highest BCUT2D eigenvalue weighted by Crippen LogP contribution is 2.15. The van der Waals surface area contributed by atoms with E-state index in [4.69, 9.17) is 9.84 Å². The molecule has 17 heavy (non-hydrogen) atoms. The summed E-state index contributed by atoms with van der Waals surface area (Å²) in [5.74, 6) is -1.44. The van der Waals surface area contributed by atoms with Crippen molar-refractivity contribution < 1.29 is 19.4 Å². The van der Waals surface area contributed by atoms with Gasteiger partial charge in [-0.05, 0) is 20.3 Å². The molecule has 1 unspecified atom stereocenters. The molecule has 1 rings (SSSR count). The van der Waals surface area contributed by atoms with E-state index >= 15 is 0 Å². The molecular weight excluding hydrogens is 224 g/mol. The van der Waals surface area contributed by atoms with E-state index in [9.17, 15) is 9.59 Å². The second kappa shape index (κ2) is 5.01. The minimum absolute atomic E-state index is 0.110. The number of nitrogens with one attached hydrogen (secondary N) is 2. The zero-order valence-corrected chi connectivity index (χ0v) is 10.5. The van der Waals surface area contributed by atoms with Crippen molar-refractivity contribution >= 4 is 11.9 Å². The number of carbonyl (C=O) groups is 2. The average Bonchev–Trinajstić information content (AvgIpc) is 2.23. The molecule has 1 amide bonds. The van der Waals surface area contributed by atoms with Crippen molar-refractivity contribution in [3.05, 3.63) is 0 Å². The monoisotopic (exact) mass is 244 g/mol. The lowest BCUT2D eigenvalue weighted by Crippen LogP contribution is -2.60. The molecular formula is C11H20N2O4. The number of carboxylic acids is 1. The van der Waals surface area contributed by atoms with Crippen molar-refractivity contribution in [2.24, 2.45) is 0 Å². The van der Waals surface area contributed by atoms with E-state index in [-0.39, 0.29) is 12.2 Å². The van der Waals surface area contributed by atoms with Crippen molar-refractivity contribution in [2.45, 2.75) is 38.3 Å². The van der Waals surface area contributed by atoms with Gasteiger partial charge in [0.1, 0.15) is 12.1 Å². The summed E-state index contributed by atoms with van der Waals surface area (Å²) in [5.41, 5.74) is -1.53. The van der Waals surface area contributed by atoms with Crippen molar-refractivity contribution in [3.8, 4) is 0 Å². The molecule has 0 aliphatic carbocycles. The summed E-state index contributed by atoms with van der Waals surface area (Å²) in [7, 11) is 0. The van der Waals surface area contributed by atoms with Crippen LogP contribution in [0.3, 0.4) is 0 Å². The topological polar surface area (TPSA) is 87.7 Å². The first kappa shape index (κ1) is 13.9. The Kier molecular flexibility index (Phi) is 4.11. The number of hydrogen-bond acceptors (Lipinski definition) is 4. The SMILES string of the molecule is CCC(C)(NC(=O)COC1(C)CNC1)C(=O)O. The number of carboxylic acid groups (broad SMARTS) is 1. The molecule has 0 aromatic heterocycles. The summed E-state index contributed by atoms with van der Waals surface area (Å²) >= 11 is 0. The normalized spacial score (nSPS) is 21.1. The highest BCUT2D eigenvalue weighted by molar-refractivity contribution is 5.87. The fourth-order valence-corrected chi connectivity index (χ4v) is 1.46. The predicted molar refractivity (Wildman–Crippen MR) is 61.7 cm³/mol. The first-order chi connectivity index (χ1) is 7.81. The minimum atomic E-state index is -1.22. The lowest BCUT2D eigenvalue weighted by atomic mass is 9.99. The number of rotatable bonds is 6. The van der Waals surface area contributed by atoms with Gasteiger partial charge in [0.05, 0.1) is 5.60 Å². The van der Waals surface area contributed by atoms with Crippen LogP contribution in [0.4, 0.5) is 0 Å². The molecule has 1 heterocycles. The van der Waals surface area contributed by atoms with Crippen molar-refractivity contribution in [1.82, 2.24) is 10.6 Å². The zero-order chi connectivity index (χ0) is 13.1. The molecule has 0 saturated carbocycles. The Morgan fingerprint density at radius 2 is 2.12 bits per heavy atom. The van der Waals surface area contributed by atoms with E-state index in [2.05, 4.69) is 10.6 Å². The Bertz CT molecular complexity index is 315. The number of hydrogen-bond donors (Lipinski definition) is 3. The van der Waals surface area contributed by atoms with Gasteiger partial charge in [-0.2, -0.15) is 0 Å². The molecule has 6 heteroatoms. The van der Waals surface area contributed by atoms with Crippen LogP contribution in [0, 0.1) is 0 Å². The summed E-state index contributed by atoms with van der Waals surface area (Å²) in [6.07, 6.45) is 0.326. The van der Waals surface area contributed by atoms with Gasteiger partial charge in [-0.25, -0.2) is 4.79 Å². The van der Waals surface area contributed by atoms with Crippen LogP contribution in [0.25, 0.3) is 0 Å². The standard InChI is InChI=1S/C11H20N2O4/c1-4-11(3,9(15)16)13-8(14)5-17-10(2)6-12-7-10/h12H,4-7H2,1-3H3,(H,13,14)(H,15,16). The summed E-state index contributed by atoms with van der Waals surface area (Å²) in [6.45, 7) is 6.43. The molecule has 6 nitrogen and oxygen atoms in total. The first-order valence-corrected chi connectivity index (χ1v) is 5.70. The average molecular weight is 244 g/mol. The molecule has 1 saturated heterocycles. The third kappa shape index (κ3) is 3.41. The number of aliphatic carboxylic acids is 1. The molecule has 1 atom stereocenters.